The predicted octanol–water partition coefficient (Wildman–Crippen LogP) is 6.37. The number of rotatable bonds is 15. The molecule has 1 fully saturated rings. The lowest BCUT2D eigenvalue weighted by atomic mass is 10.2. The molecule has 0 amide bonds. The van der Waals surface area contributed by atoms with E-state index in [4.69, 9.17) is 25.3 Å². The Kier molecular flexibility index (Phi) is 19.4. The van der Waals surface area contributed by atoms with Crippen molar-refractivity contribution in [2.75, 3.05) is 44.0 Å². The van der Waals surface area contributed by atoms with Gasteiger partial charge in [-0.2, -0.15) is 63.1 Å². The second kappa shape index (κ2) is 17.8. The fraction of sp³-hybridized carbons (Fsp3) is 1.00. The van der Waals surface area contributed by atoms with Gasteiger partial charge in [-0.1, -0.05) is 21.6 Å². The third-order valence-electron chi connectivity index (χ3n) is 3.20. The first kappa shape index (κ1) is 27.2. The normalized spacial score (nSPS) is 20.5. The van der Waals surface area contributed by atoms with Crippen LogP contribution in [0.15, 0.2) is 0 Å². The molecule has 0 saturated carbocycles. The zero-order chi connectivity index (χ0) is 18.5. The summed E-state index contributed by atoms with van der Waals surface area (Å²) in [6.45, 7) is 0. The van der Waals surface area contributed by atoms with Crippen LogP contribution in [0.3, 0.4) is 0 Å². The summed E-state index contributed by atoms with van der Waals surface area (Å²) in [5.41, 5.74) is 0. The van der Waals surface area contributed by atoms with Gasteiger partial charge in [-0.15, -0.1) is 58.8 Å². The molecule has 0 aromatic heterocycles. The molecule has 1 aliphatic rings. The second-order valence-corrected chi connectivity index (χ2v) is 17.2. The fourth-order valence-corrected chi connectivity index (χ4v) is 14.6. The molecule has 150 valence electrons. The van der Waals surface area contributed by atoms with E-state index in [1.165, 1.54) is 17.3 Å². The fourth-order valence-electron chi connectivity index (χ4n) is 2.05. The van der Waals surface area contributed by atoms with Gasteiger partial charge in [0.15, 0.2) is 0 Å². The first-order valence-electron chi connectivity index (χ1n) is 7.61. The quantitative estimate of drug-likeness (QED) is 0.0668. The Bertz CT molecular complexity index is 313. The van der Waals surface area contributed by atoms with E-state index in [-0.39, 0.29) is 5.25 Å². The summed E-state index contributed by atoms with van der Waals surface area (Å²) < 4.78 is 0.817. The van der Waals surface area contributed by atoms with E-state index in [1.54, 1.807) is 0 Å². The Morgan fingerprint density at radius 2 is 1.48 bits per heavy atom. The number of hydrogen-bond acceptors (Lipinski definition) is 12. The van der Waals surface area contributed by atoms with Gasteiger partial charge < -0.3 is 0 Å². The molecule has 0 aromatic rings. The van der Waals surface area contributed by atoms with Crippen LogP contribution < -0.4 is 0 Å². The van der Waals surface area contributed by atoms with Crippen LogP contribution in [0, 0.1) is 0 Å². The van der Waals surface area contributed by atoms with E-state index in [0.717, 1.165) is 31.3 Å². The van der Waals surface area contributed by atoms with E-state index in [9.17, 15) is 0 Å². The molecule has 0 aromatic carbocycles. The third kappa shape index (κ3) is 12.0. The van der Waals surface area contributed by atoms with Crippen LogP contribution in [0.5, 0.6) is 0 Å². The molecule has 25 heavy (non-hydrogen) atoms. The van der Waals surface area contributed by atoms with Gasteiger partial charge in [0.2, 0.25) is 0 Å². The average Bonchev–Trinajstić information content (AvgIpc) is 3.13. The van der Waals surface area contributed by atoms with Crippen LogP contribution in [0.2, 0.25) is 0 Å². The van der Waals surface area contributed by atoms with Crippen LogP contribution in [0.1, 0.15) is 0 Å². The van der Waals surface area contributed by atoms with Crippen LogP contribution in [-0.2, 0) is 0 Å². The Hall–Kier alpha value is 4.20. The van der Waals surface area contributed by atoms with Crippen LogP contribution in [-0.4, -0.2) is 69.6 Å². The van der Waals surface area contributed by atoms with Gasteiger partial charge in [-0.25, -0.2) is 0 Å². The smallest absolute Gasteiger partial charge is 0.0593 e. The third-order valence-corrected chi connectivity index (χ3v) is 16.4. The Balaban J connectivity index is 2.29. The lowest BCUT2D eigenvalue weighted by molar-refractivity contribution is 0.779. The van der Waals surface area contributed by atoms with E-state index in [2.05, 4.69) is 73.2 Å². The standard InChI is InChI=1S/C13H26S12/c14-3-9(17)12(22-6-15)13(23-7-16)10(18)4-24-25-8-19-5-11-20-1-2-21-11/h9-18H,1-8H2. The van der Waals surface area contributed by atoms with Gasteiger partial charge in [-0.05, 0) is 0 Å². The molecule has 1 rings (SSSR count). The zero-order valence-corrected chi connectivity index (χ0v) is 23.8. The van der Waals surface area contributed by atoms with E-state index < -0.39 is 0 Å². The van der Waals surface area contributed by atoms with Crippen LogP contribution in [0.25, 0.3) is 0 Å². The molecule has 0 spiro atoms. The lowest BCUT2D eigenvalue weighted by Gasteiger charge is -2.33. The summed E-state index contributed by atoms with van der Waals surface area (Å²) in [4.78, 5) is 0. The molecule has 0 bridgehead atoms. The first-order chi connectivity index (χ1) is 12.1. The van der Waals surface area contributed by atoms with Crippen molar-refractivity contribution in [3.63, 3.8) is 0 Å². The van der Waals surface area contributed by atoms with Crippen molar-refractivity contribution < 1.29 is 0 Å². The minimum Gasteiger partial charge on any atom is -0.178 e. The van der Waals surface area contributed by atoms with Gasteiger partial charge in [0.05, 0.1) is 4.58 Å². The Morgan fingerprint density at radius 3 is 2.04 bits per heavy atom. The van der Waals surface area contributed by atoms with Gasteiger partial charge in [-0.3, -0.25) is 0 Å². The van der Waals surface area contributed by atoms with Crippen LogP contribution >= 0.6 is 144 Å². The summed E-state index contributed by atoms with van der Waals surface area (Å²) in [5, 5.41) is 4.16. The highest BCUT2D eigenvalue weighted by Gasteiger charge is 2.32. The van der Waals surface area contributed by atoms with Gasteiger partial charge in [0, 0.05) is 65.0 Å². The minimum absolute atomic E-state index is 0.252. The van der Waals surface area contributed by atoms with Crippen LogP contribution in [0.4, 0.5) is 0 Å². The van der Waals surface area contributed by atoms with Crippen molar-refractivity contribution in [2.24, 2.45) is 0 Å². The topological polar surface area (TPSA) is 0 Å². The monoisotopic (exact) mass is 566 g/mol. The SMILES string of the molecule is SCSC(C(S)CS)C(SCS)C(S)CSSCSCC1SCCS1. The largest absolute Gasteiger partial charge is 0.178 e. The summed E-state index contributed by atoms with van der Waals surface area (Å²) in [6.07, 6.45) is 0. The highest BCUT2D eigenvalue weighted by Crippen LogP contribution is 2.39. The molecule has 4 unspecified atom stereocenters. The highest BCUT2D eigenvalue weighted by molar-refractivity contribution is 8.78. The molecule has 0 nitrogen and oxygen atoms in total. The molecule has 0 N–H and O–H groups in total. The summed E-state index contributed by atoms with van der Waals surface area (Å²) in [7, 11) is 3.92. The summed E-state index contributed by atoms with van der Waals surface area (Å²) in [5.74, 6) is 5.74. The van der Waals surface area contributed by atoms with Crippen molar-refractivity contribution in [1.29, 1.82) is 0 Å². The molecule has 1 saturated heterocycles. The average molecular weight is 567 g/mol. The van der Waals surface area contributed by atoms with E-state index in [1.807, 2.05) is 45.1 Å². The first-order valence-corrected chi connectivity index (χ1v) is 18.4. The molecule has 0 radical (unpaired) electrons. The van der Waals surface area contributed by atoms with Gasteiger partial charge in [0.25, 0.3) is 0 Å². The maximum atomic E-state index is 4.92. The maximum absolute atomic E-state index is 4.92. The minimum atomic E-state index is 0.252. The zero-order valence-electron chi connectivity index (χ0n) is 13.6. The van der Waals surface area contributed by atoms with Gasteiger partial charge in [0.1, 0.15) is 0 Å². The van der Waals surface area contributed by atoms with Crippen molar-refractivity contribution in [3.8, 4) is 0 Å². The van der Waals surface area contributed by atoms with E-state index in [0.29, 0.717) is 15.7 Å². The lowest BCUT2D eigenvalue weighted by Crippen LogP contribution is -2.38. The molecule has 1 heterocycles. The number of hydrogen-bond donors (Lipinski definition) is 5. The predicted molar refractivity (Wildman–Crippen MR) is 156 cm³/mol. The molecule has 0 aliphatic carbocycles. The second-order valence-electron chi connectivity index (χ2n) is 4.90. The molecule has 1 aliphatic heterocycles. The Labute approximate surface area is 210 Å². The maximum Gasteiger partial charge on any atom is 0.0593 e. The van der Waals surface area contributed by atoms with Crippen molar-refractivity contribution in [1.82, 2.24) is 0 Å². The van der Waals surface area contributed by atoms with Crippen molar-refractivity contribution in [2.45, 2.75) is 25.6 Å². The Morgan fingerprint density at radius 1 is 0.880 bits per heavy atom. The van der Waals surface area contributed by atoms with Crippen molar-refractivity contribution in [3.05, 3.63) is 0 Å². The summed E-state index contributed by atoms with van der Waals surface area (Å²) >= 11 is 33.0. The number of thioether (sulfide) groups is 5. The van der Waals surface area contributed by atoms with Gasteiger partial charge >= 0.3 is 0 Å². The molecular formula is C13H26S12. The molecule has 4 atom stereocenters. The summed E-state index contributed by atoms with van der Waals surface area (Å²) in [6, 6.07) is 0. The van der Waals surface area contributed by atoms with Crippen molar-refractivity contribution >= 4 is 144 Å². The highest BCUT2D eigenvalue weighted by atomic mass is 33.1. The molecule has 12 heteroatoms. The molecular weight excluding hydrogens is 541 g/mol. The number of thiol groups is 5. The van der Waals surface area contributed by atoms with E-state index >= 15 is 0 Å².